The molecule has 0 fully saturated rings. The molecule has 0 amide bonds. The minimum Gasteiger partial charge on any atom is -0.364 e. The Kier molecular flexibility index (Phi) is 5.28. The molecule has 0 unspecified atom stereocenters. The maximum atomic E-state index is 4.54. The van der Waals surface area contributed by atoms with Crippen molar-refractivity contribution in [1.82, 2.24) is 19.5 Å². The highest BCUT2D eigenvalue weighted by atomic mass is 15.2. The average molecular weight is 339 g/mol. The van der Waals surface area contributed by atoms with Crippen LogP contribution in [0.1, 0.15) is 25.1 Å². The Morgan fingerprint density at radius 1 is 1.08 bits per heavy atom. The molecule has 3 aromatic heterocycles. The van der Waals surface area contributed by atoms with Crippen molar-refractivity contribution in [1.29, 1.82) is 0 Å². The number of fused-ring (bicyclic) bond motifs is 1. The van der Waals surface area contributed by atoms with Crippen LogP contribution < -0.4 is 10.2 Å². The van der Waals surface area contributed by atoms with Crippen molar-refractivity contribution < 1.29 is 4.90 Å². The largest absolute Gasteiger partial charge is 0.364 e. The number of hydrogen-bond donors (Lipinski definition) is 2. The van der Waals surface area contributed by atoms with Gasteiger partial charge in [0.2, 0.25) is 0 Å². The van der Waals surface area contributed by atoms with E-state index in [1.807, 2.05) is 24.4 Å². The van der Waals surface area contributed by atoms with Crippen LogP contribution in [-0.4, -0.2) is 45.7 Å². The highest BCUT2D eigenvalue weighted by molar-refractivity contribution is 5.92. The van der Waals surface area contributed by atoms with E-state index in [0.29, 0.717) is 0 Å². The molecular weight excluding hydrogens is 312 g/mol. The molecule has 0 saturated carbocycles. The van der Waals surface area contributed by atoms with Crippen molar-refractivity contribution in [2.75, 3.05) is 31.5 Å². The van der Waals surface area contributed by atoms with E-state index >= 15 is 0 Å². The van der Waals surface area contributed by atoms with Crippen molar-refractivity contribution >= 4 is 16.9 Å². The molecule has 25 heavy (non-hydrogen) atoms. The van der Waals surface area contributed by atoms with Gasteiger partial charge in [0.1, 0.15) is 18.0 Å². The summed E-state index contributed by atoms with van der Waals surface area (Å²) >= 11 is 0. The van der Waals surface area contributed by atoms with E-state index in [9.17, 15) is 0 Å². The zero-order valence-electron chi connectivity index (χ0n) is 15.5. The summed E-state index contributed by atoms with van der Waals surface area (Å²) in [4.78, 5) is 15.1. The molecule has 0 spiro atoms. The fraction of sp³-hybridized carbons (Fsp3) is 0.421. The third-order valence-corrected chi connectivity index (χ3v) is 4.94. The fourth-order valence-corrected chi connectivity index (χ4v) is 3.26. The van der Waals surface area contributed by atoms with Crippen molar-refractivity contribution in [2.45, 2.75) is 27.7 Å². The Balaban J connectivity index is 1.97. The Morgan fingerprint density at radius 2 is 1.88 bits per heavy atom. The lowest BCUT2D eigenvalue weighted by molar-refractivity contribution is -0.894. The normalized spacial score (nSPS) is 11.4. The molecule has 0 aliphatic rings. The van der Waals surface area contributed by atoms with Gasteiger partial charge in [-0.05, 0) is 45.4 Å². The number of quaternary nitrogens is 1. The van der Waals surface area contributed by atoms with E-state index in [4.69, 9.17) is 0 Å². The van der Waals surface area contributed by atoms with Gasteiger partial charge in [0, 0.05) is 11.9 Å². The van der Waals surface area contributed by atoms with E-state index in [2.05, 4.69) is 52.5 Å². The first-order valence-corrected chi connectivity index (χ1v) is 8.98. The predicted molar refractivity (Wildman–Crippen MR) is 102 cm³/mol. The van der Waals surface area contributed by atoms with E-state index in [1.165, 1.54) is 5.56 Å². The van der Waals surface area contributed by atoms with Gasteiger partial charge in [-0.15, -0.1) is 0 Å². The SMILES string of the molecule is CC[NH+](CC)CCNc1ncnc2c1c(C)c(C)n2-c1ccccn1. The monoisotopic (exact) mass is 339 g/mol. The first-order chi connectivity index (χ1) is 12.2. The second-order valence-electron chi connectivity index (χ2n) is 6.29. The molecular formula is C19H27N6+. The molecule has 0 radical (unpaired) electrons. The second-order valence-corrected chi connectivity index (χ2v) is 6.29. The number of rotatable bonds is 7. The lowest BCUT2D eigenvalue weighted by Gasteiger charge is -2.16. The van der Waals surface area contributed by atoms with Crippen LogP contribution in [0.5, 0.6) is 0 Å². The highest BCUT2D eigenvalue weighted by Crippen LogP contribution is 2.30. The maximum absolute atomic E-state index is 4.54. The molecule has 2 N–H and O–H groups in total. The van der Waals surface area contributed by atoms with E-state index < -0.39 is 0 Å². The van der Waals surface area contributed by atoms with Gasteiger partial charge in [0.15, 0.2) is 5.65 Å². The van der Waals surface area contributed by atoms with Gasteiger partial charge < -0.3 is 10.2 Å². The molecule has 3 rings (SSSR count). The van der Waals surface area contributed by atoms with Gasteiger partial charge in [-0.25, -0.2) is 15.0 Å². The summed E-state index contributed by atoms with van der Waals surface area (Å²) in [7, 11) is 0. The molecule has 6 heteroatoms. The topological polar surface area (TPSA) is 60.1 Å². The summed E-state index contributed by atoms with van der Waals surface area (Å²) in [6, 6.07) is 5.93. The van der Waals surface area contributed by atoms with Gasteiger partial charge >= 0.3 is 0 Å². The number of anilines is 1. The Labute approximate surface area is 148 Å². The van der Waals surface area contributed by atoms with Crippen LogP contribution in [0.25, 0.3) is 16.9 Å². The molecule has 3 aromatic rings. The first kappa shape index (κ1) is 17.4. The molecule has 0 saturated heterocycles. The smallest absolute Gasteiger partial charge is 0.151 e. The van der Waals surface area contributed by atoms with Crippen molar-refractivity contribution in [3.8, 4) is 5.82 Å². The molecule has 6 nitrogen and oxygen atoms in total. The summed E-state index contributed by atoms with van der Waals surface area (Å²) < 4.78 is 2.10. The van der Waals surface area contributed by atoms with Crippen molar-refractivity contribution in [3.05, 3.63) is 42.0 Å². The van der Waals surface area contributed by atoms with Crippen LogP contribution in [0.3, 0.4) is 0 Å². The Hall–Kier alpha value is -2.47. The lowest BCUT2D eigenvalue weighted by atomic mass is 10.2. The fourth-order valence-electron chi connectivity index (χ4n) is 3.26. The molecule has 0 aliphatic heterocycles. The molecule has 132 valence electrons. The van der Waals surface area contributed by atoms with Crippen molar-refractivity contribution in [3.63, 3.8) is 0 Å². The minimum absolute atomic E-state index is 0.885. The van der Waals surface area contributed by atoms with Gasteiger partial charge in [0.05, 0.1) is 31.6 Å². The van der Waals surface area contributed by atoms with Crippen LogP contribution in [-0.2, 0) is 0 Å². The number of pyridine rings is 1. The number of nitrogens with zero attached hydrogens (tertiary/aromatic N) is 4. The quantitative estimate of drug-likeness (QED) is 0.689. The van der Waals surface area contributed by atoms with Gasteiger partial charge in [-0.3, -0.25) is 4.57 Å². The minimum atomic E-state index is 0.885. The summed E-state index contributed by atoms with van der Waals surface area (Å²) in [6.07, 6.45) is 3.44. The maximum Gasteiger partial charge on any atom is 0.151 e. The summed E-state index contributed by atoms with van der Waals surface area (Å²) in [5.74, 6) is 1.79. The predicted octanol–water partition coefficient (Wildman–Crippen LogP) is 1.77. The summed E-state index contributed by atoms with van der Waals surface area (Å²) in [5.41, 5.74) is 3.24. The molecule has 0 bridgehead atoms. The third-order valence-electron chi connectivity index (χ3n) is 4.94. The molecule has 3 heterocycles. The van der Waals surface area contributed by atoms with Crippen molar-refractivity contribution in [2.24, 2.45) is 0 Å². The Bertz CT molecular complexity index is 836. The van der Waals surface area contributed by atoms with Crippen LogP contribution in [0.4, 0.5) is 5.82 Å². The average Bonchev–Trinajstić information content (AvgIpc) is 2.91. The third kappa shape index (κ3) is 3.35. The number of likely N-dealkylation sites (N-methyl/N-ethyl adjacent to an activating group) is 1. The second kappa shape index (κ2) is 7.61. The number of nitrogens with one attached hydrogen (secondary N) is 2. The lowest BCUT2D eigenvalue weighted by Crippen LogP contribution is -3.12. The van der Waals surface area contributed by atoms with Crippen LogP contribution in [0.15, 0.2) is 30.7 Å². The molecule has 0 aromatic carbocycles. The highest BCUT2D eigenvalue weighted by Gasteiger charge is 2.18. The van der Waals surface area contributed by atoms with Gasteiger partial charge in [-0.1, -0.05) is 6.07 Å². The van der Waals surface area contributed by atoms with Crippen LogP contribution >= 0.6 is 0 Å². The summed E-state index contributed by atoms with van der Waals surface area (Å²) in [6.45, 7) is 13.0. The molecule has 0 atom stereocenters. The molecule has 0 aliphatic carbocycles. The van der Waals surface area contributed by atoms with Gasteiger partial charge in [0.25, 0.3) is 0 Å². The first-order valence-electron chi connectivity index (χ1n) is 8.98. The van der Waals surface area contributed by atoms with E-state index in [-0.39, 0.29) is 0 Å². The standard InChI is InChI=1S/C19H26N6/c1-5-24(6-2)12-11-21-18-17-14(3)15(4)25(19(17)23-13-22-18)16-9-7-8-10-20-16/h7-10,13H,5-6,11-12H2,1-4H3,(H,21,22,23)/p+1. The van der Waals surface area contributed by atoms with Crippen LogP contribution in [0.2, 0.25) is 0 Å². The number of aromatic nitrogens is 4. The Morgan fingerprint density at radius 3 is 2.56 bits per heavy atom. The number of aryl methyl sites for hydroxylation is 1. The van der Waals surface area contributed by atoms with Gasteiger partial charge in [-0.2, -0.15) is 0 Å². The summed E-state index contributed by atoms with van der Waals surface area (Å²) in [5, 5.41) is 4.60. The van der Waals surface area contributed by atoms with Crippen LogP contribution in [0, 0.1) is 13.8 Å². The zero-order chi connectivity index (χ0) is 17.8. The van der Waals surface area contributed by atoms with E-state index in [0.717, 1.165) is 54.5 Å². The van der Waals surface area contributed by atoms with E-state index in [1.54, 1.807) is 11.2 Å². The zero-order valence-corrected chi connectivity index (χ0v) is 15.5. The number of hydrogen-bond acceptors (Lipinski definition) is 4.